The smallest absolute Gasteiger partial charge is 0.255 e. The zero-order valence-electron chi connectivity index (χ0n) is 10.1. The number of hydrogen-bond acceptors (Lipinski definition) is 3. The predicted octanol–water partition coefficient (Wildman–Crippen LogP) is 3.75. The molecule has 1 aromatic heterocycles. The maximum Gasteiger partial charge on any atom is 0.255 e. The number of nitrogens with one attached hydrogen (secondary N) is 1. The molecule has 0 aliphatic carbocycles. The maximum atomic E-state index is 12.1. The summed E-state index contributed by atoms with van der Waals surface area (Å²) in [4.78, 5) is 16.0. The second-order valence-electron chi connectivity index (χ2n) is 4.03. The highest BCUT2D eigenvalue weighted by Gasteiger charge is 2.12. The number of nitrogens with two attached hydrogens (primary N) is 1. The first kappa shape index (κ1) is 14.0. The Morgan fingerprint density at radius 2 is 1.89 bits per heavy atom. The Bertz CT molecular complexity index is 621. The van der Waals surface area contributed by atoms with Crippen LogP contribution >= 0.6 is 31.9 Å². The number of anilines is 2. The molecule has 2 rings (SSSR count). The van der Waals surface area contributed by atoms with Gasteiger partial charge in [-0.3, -0.25) is 4.79 Å². The Balaban J connectivity index is 2.29. The Hall–Kier alpha value is -1.40. The van der Waals surface area contributed by atoms with Crippen molar-refractivity contribution in [1.29, 1.82) is 0 Å². The third-order valence-corrected chi connectivity index (χ3v) is 3.72. The van der Waals surface area contributed by atoms with Crippen LogP contribution in [0.3, 0.4) is 0 Å². The fourth-order valence-electron chi connectivity index (χ4n) is 1.59. The van der Waals surface area contributed by atoms with Gasteiger partial charge in [0.1, 0.15) is 5.82 Å². The van der Waals surface area contributed by atoms with Gasteiger partial charge < -0.3 is 11.1 Å². The van der Waals surface area contributed by atoms with Gasteiger partial charge >= 0.3 is 0 Å². The molecule has 0 aliphatic heterocycles. The molecule has 0 saturated heterocycles. The molecule has 1 heterocycles. The number of carbonyl (C=O) groups is 1. The molecule has 0 saturated carbocycles. The van der Waals surface area contributed by atoms with E-state index >= 15 is 0 Å². The minimum absolute atomic E-state index is 0.237. The molecule has 3 N–H and O–H groups in total. The minimum Gasteiger partial charge on any atom is -0.384 e. The first-order valence-electron chi connectivity index (χ1n) is 5.46. The van der Waals surface area contributed by atoms with Crippen LogP contribution in [0.5, 0.6) is 0 Å². The first-order chi connectivity index (χ1) is 8.97. The van der Waals surface area contributed by atoms with Gasteiger partial charge in [0.25, 0.3) is 5.91 Å². The highest BCUT2D eigenvalue weighted by molar-refractivity contribution is 9.11. The molecule has 0 atom stereocenters. The van der Waals surface area contributed by atoms with Crippen molar-refractivity contribution in [3.8, 4) is 0 Å². The zero-order valence-corrected chi connectivity index (χ0v) is 13.2. The van der Waals surface area contributed by atoms with Crippen LogP contribution in [0.2, 0.25) is 0 Å². The van der Waals surface area contributed by atoms with Gasteiger partial charge in [-0.1, -0.05) is 0 Å². The van der Waals surface area contributed by atoms with Crippen LogP contribution in [-0.4, -0.2) is 10.9 Å². The van der Waals surface area contributed by atoms with E-state index in [-0.39, 0.29) is 5.91 Å². The second-order valence-corrected chi connectivity index (χ2v) is 5.74. The molecule has 6 heteroatoms. The van der Waals surface area contributed by atoms with Crippen molar-refractivity contribution in [2.45, 2.75) is 6.92 Å². The number of carbonyl (C=O) groups excluding carboxylic acids is 1. The monoisotopic (exact) mass is 383 g/mol. The molecular formula is C13H11Br2N3O. The summed E-state index contributed by atoms with van der Waals surface area (Å²) in [6, 6.07) is 7.01. The fraction of sp³-hybridized carbons (Fsp3) is 0.0769. The van der Waals surface area contributed by atoms with E-state index in [0.29, 0.717) is 17.1 Å². The number of rotatable bonds is 2. The van der Waals surface area contributed by atoms with Gasteiger partial charge in [0, 0.05) is 20.7 Å². The van der Waals surface area contributed by atoms with Crippen LogP contribution in [0.25, 0.3) is 0 Å². The first-order valence-corrected chi connectivity index (χ1v) is 7.04. The van der Waals surface area contributed by atoms with Gasteiger partial charge in [0.2, 0.25) is 0 Å². The van der Waals surface area contributed by atoms with Gasteiger partial charge in [-0.25, -0.2) is 4.98 Å². The van der Waals surface area contributed by atoms with Crippen LogP contribution in [0.1, 0.15) is 15.9 Å². The lowest BCUT2D eigenvalue weighted by molar-refractivity contribution is 0.102. The van der Waals surface area contributed by atoms with Gasteiger partial charge in [-0.2, -0.15) is 0 Å². The van der Waals surface area contributed by atoms with Gasteiger partial charge in [-0.15, -0.1) is 0 Å². The standard InChI is InChI=1S/C13H11Br2N3O/c1-7-4-9(14)12(10(15)5-7)18-13(19)8-2-3-17-11(16)6-8/h2-6H,1H3,(H2,16,17)(H,18,19). The Morgan fingerprint density at radius 1 is 1.26 bits per heavy atom. The number of pyridine rings is 1. The van der Waals surface area contributed by atoms with Crippen molar-refractivity contribution in [3.05, 3.63) is 50.5 Å². The van der Waals surface area contributed by atoms with E-state index in [4.69, 9.17) is 5.73 Å². The lowest BCUT2D eigenvalue weighted by Gasteiger charge is -2.11. The number of nitrogens with zero attached hydrogens (tertiary/aromatic N) is 1. The Morgan fingerprint density at radius 3 is 2.47 bits per heavy atom. The lowest BCUT2D eigenvalue weighted by atomic mass is 10.2. The molecule has 4 nitrogen and oxygen atoms in total. The van der Waals surface area contributed by atoms with Crippen molar-refractivity contribution >= 4 is 49.3 Å². The summed E-state index contributed by atoms with van der Waals surface area (Å²) in [5, 5.41) is 2.83. The fourth-order valence-corrected chi connectivity index (χ4v) is 3.21. The Labute approximate surface area is 127 Å². The van der Waals surface area contributed by atoms with Crippen molar-refractivity contribution < 1.29 is 4.79 Å². The average Bonchev–Trinajstić information content (AvgIpc) is 2.33. The van der Waals surface area contributed by atoms with Gasteiger partial charge in [0.05, 0.1) is 5.69 Å². The highest BCUT2D eigenvalue weighted by Crippen LogP contribution is 2.32. The highest BCUT2D eigenvalue weighted by atomic mass is 79.9. The molecule has 1 aromatic carbocycles. The maximum absolute atomic E-state index is 12.1. The summed E-state index contributed by atoms with van der Waals surface area (Å²) in [6.07, 6.45) is 1.50. The predicted molar refractivity (Wildman–Crippen MR) is 83.2 cm³/mol. The van der Waals surface area contributed by atoms with Crippen molar-refractivity contribution in [3.63, 3.8) is 0 Å². The normalized spacial score (nSPS) is 10.3. The number of aromatic nitrogens is 1. The zero-order chi connectivity index (χ0) is 14.0. The number of nitrogen functional groups attached to an aromatic ring is 1. The van der Waals surface area contributed by atoms with Gasteiger partial charge in [0.15, 0.2) is 0 Å². The third kappa shape index (κ3) is 3.33. The molecule has 98 valence electrons. The summed E-state index contributed by atoms with van der Waals surface area (Å²) in [5.74, 6) is 0.0778. The molecule has 0 aliphatic rings. The Kier molecular flexibility index (Phi) is 4.21. The molecule has 0 spiro atoms. The summed E-state index contributed by atoms with van der Waals surface area (Å²) in [6.45, 7) is 1.98. The van der Waals surface area contributed by atoms with E-state index in [9.17, 15) is 4.79 Å². The van der Waals surface area contributed by atoms with Crippen LogP contribution in [0.15, 0.2) is 39.4 Å². The van der Waals surface area contributed by atoms with Crippen LogP contribution in [-0.2, 0) is 0 Å². The molecule has 2 aromatic rings. The van der Waals surface area contributed by atoms with E-state index in [0.717, 1.165) is 14.5 Å². The summed E-state index contributed by atoms with van der Waals surface area (Å²) < 4.78 is 1.63. The van der Waals surface area contributed by atoms with Crippen molar-refractivity contribution in [2.75, 3.05) is 11.1 Å². The minimum atomic E-state index is -0.237. The molecular weight excluding hydrogens is 374 g/mol. The molecule has 0 fully saturated rings. The van der Waals surface area contributed by atoms with E-state index in [1.807, 2.05) is 19.1 Å². The van der Waals surface area contributed by atoms with Crippen LogP contribution < -0.4 is 11.1 Å². The van der Waals surface area contributed by atoms with Crippen molar-refractivity contribution in [1.82, 2.24) is 4.98 Å². The molecule has 19 heavy (non-hydrogen) atoms. The number of aryl methyl sites for hydroxylation is 1. The number of hydrogen-bond donors (Lipinski definition) is 2. The molecule has 0 radical (unpaired) electrons. The number of amides is 1. The van der Waals surface area contributed by atoms with Gasteiger partial charge in [-0.05, 0) is 68.6 Å². The summed E-state index contributed by atoms with van der Waals surface area (Å²) in [5.41, 5.74) is 7.80. The number of benzene rings is 1. The van der Waals surface area contributed by atoms with E-state index < -0.39 is 0 Å². The summed E-state index contributed by atoms with van der Waals surface area (Å²) >= 11 is 6.86. The van der Waals surface area contributed by atoms with Crippen LogP contribution in [0.4, 0.5) is 11.5 Å². The SMILES string of the molecule is Cc1cc(Br)c(NC(=O)c2ccnc(N)c2)c(Br)c1. The van der Waals surface area contributed by atoms with Crippen LogP contribution in [0, 0.1) is 6.92 Å². The lowest BCUT2D eigenvalue weighted by Crippen LogP contribution is -2.13. The largest absolute Gasteiger partial charge is 0.384 e. The third-order valence-electron chi connectivity index (χ3n) is 2.47. The molecule has 0 bridgehead atoms. The van der Waals surface area contributed by atoms with Crippen molar-refractivity contribution in [2.24, 2.45) is 0 Å². The second kappa shape index (κ2) is 5.71. The molecule has 0 unspecified atom stereocenters. The van der Waals surface area contributed by atoms with E-state index in [2.05, 4.69) is 42.2 Å². The number of halogens is 2. The average molecular weight is 385 g/mol. The van der Waals surface area contributed by atoms with E-state index in [1.54, 1.807) is 6.07 Å². The quantitative estimate of drug-likeness (QED) is 0.828. The topological polar surface area (TPSA) is 68.0 Å². The van der Waals surface area contributed by atoms with E-state index in [1.165, 1.54) is 12.3 Å². The summed E-state index contributed by atoms with van der Waals surface area (Å²) in [7, 11) is 0. The molecule has 1 amide bonds.